The maximum absolute atomic E-state index is 13.1. The van der Waals surface area contributed by atoms with E-state index in [1.54, 1.807) is 6.07 Å². The summed E-state index contributed by atoms with van der Waals surface area (Å²) in [5.74, 6) is 0.534. The first-order chi connectivity index (χ1) is 11.6. The van der Waals surface area contributed by atoms with Gasteiger partial charge in [0.2, 0.25) is 5.72 Å². The van der Waals surface area contributed by atoms with Crippen molar-refractivity contribution in [3.8, 4) is 11.5 Å². The van der Waals surface area contributed by atoms with E-state index in [0.29, 0.717) is 47.5 Å². The van der Waals surface area contributed by atoms with Gasteiger partial charge >= 0.3 is 0 Å². The lowest BCUT2D eigenvalue weighted by atomic mass is 9.85. The predicted molar refractivity (Wildman–Crippen MR) is 94.2 cm³/mol. The topological polar surface area (TPSA) is 71.0 Å². The number of nitrogens with zero attached hydrogens (tertiary/aromatic N) is 1. The summed E-state index contributed by atoms with van der Waals surface area (Å²) in [4.78, 5) is 15.1. The Morgan fingerprint density at radius 2 is 2.08 bits per heavy atom. The van der Waals surface area contributed by atoms with Crippen molar-refractivity contribution in [2.45, 2.75) is 24.5 Å². The fourth-order valence-electron chi connectivity index (χ4n) is 3.95. The van der Waals surface area contributed by atoms with Crippen LogP contribution in [0.15, 0.2) is 15.0 Å². The largest absolute Gasteiger partial charge is 0.506 e. The highest BCUT2D eigenvalue weighted by Gasteiger charge is 2.59. The van der Waals surface area contributed by atoms with Crippen molar-refractivity contribution in [1.82, 2.24) is 10.2 Å². The number of carbonyl (C=O) groups excluding carboxylic acids is 1. The van der Waals surface area contributed by atoms with Crippen LogP contribution in [-0.4, -0.2) is 54.5 Å². The number of fused-ring (bicyclic) bond motifs is 3. The first-order valence-electron chi connectivity index (χ1n) is 8.06. The Hall–Kier alpha value is -0.830. The van der Waals surface area contributed by atoms with Gasteiger partial charge in [0, 0.05) is 25.2 Å². The molecule has 0 unspecified atom stereocenters. The molecule has 3 aliphatic heterocycles. The molecule has 0 bridgehead atoms. The molecule has 3 aliphatic rings. The number of nitrogens with one attached hydrogen (secondary N) is 1. The summed E-state index contributed by atoms with van der Waals surface area (Å²) >= 11 is 6.85. The summed E-state index contributed by atoms with van der Waals surface area (Å²) < 4.78 is 12.9. The van der Waals surface area contributed by atoms with Gasteiger partial charge in [0.15, 0.2) is 0 Å². The van der Waals surface area contributed by atoms with Crippen molar-refractivity contribution in [1.29, 1.82) is 0 Å². The number of phenolic OH excluding ortho intramolecular Hbond substituents is 1. The Bertz CT molecular complexity index is 693. The maximum atomic E-state index is 13.1. The van der Waals surface area contributed by atoms with E-state index in [-0.39, 0.29) is 17.6 Å². The minimum atomic E-state index is -1.07. The smallest absolute Gasteiger partial charge is 0.280 e. The number of aromatic hydroxyl groups is 1. The van der Waals surface area contributed by atoms with Gasteiger partial charge in [0.25, 0.3) is 5.91 Å². The molecule has 2 saturated heterocycles. The van der Waals surface area contributed by atoms with Crippen LogP contribution >= 0.6 is 31.9 Å². The Balaban J connectivity index is 1.88. The number of rotatable bonds is 1. The normalized spacial score (nSPS) is 30.1. The Morgan fingerprint density at radius 1 is 1.33 bits per heavy atom. The van der Waals surface area contributed by atoms with Gasteiger partial charge in [-0.05, 0) is 50.8 Å². The number of phenols is 1. The van der Waals surface area contributed by atoms with Gasteiger partial charge in [-0.25, -0.2) is 0 Å². The molecule has 6 nitrogen and oxygen atoms in total. The number of ether oxygens (including phenoxy) is 2. The number of morpholine rings is 1. The minimum absolute atomic E-state index is 0.106. The minimum Gasteiger partial charge on any atom is -0.506 e. The Morgan fingerprint density at radius 3 is 2.83 bits per heavy atom. The SMILES string of the molecule is O=C1NCCC[C@H]2c3c(cc(Br)c(O)c3Br)O[C@@]12N1CCOCC1. The maximum Gasteiger partial charge on any atom is 0.280 e. The van der Waals surface area contributed by atoms with E-state index >= 15 is 0 Å². The van der Waals surface area contributed by atoms with E-state index in [1.807, 2.05) is 0 Å². The van der Waals surface area contributed by atoms with Crippen molar-refractivity contribution in [3.05, 3.63) is 20.6 Å². The van der Waals surface area contributed by atoms with Gasteiger partial charge in [-0.3, -0.25) is 9.69 Å². The number of amides is 1. The molecule has 2 atom stereocenters. The highest BCUT2D eigenvalue weighted by Crippen LogP contribution is 2.55. The lowest BCUT2D eigenvalue weighted by molar-refractivity contribution is -0.165. The van der Waals surface area contributed by atoms with Gasteiger partial charge < -0.3 is 19.9 Å². The molecule has 2 fully saturated rings. The van der Waals surface area contributed by atoms with Gasteiger partial charge in [0.1, 0.15) is 11.5 Å². The fourth-order valence-corrected chi connectivity index (χ4v) is 5.31. The second-order valence-electron chi connectivity index (χ2n) is 6.28. The van der Waals surface area contributed by atoms with Gasteiger partial charge in [0.05, 0.1) is 28.1 Å². The molecule has 4 rings (SSSR count). The fraction of sp³-hybridized carbons (Fsp3) is 0.562. The van der Waals surface area contributed by atoms with Crippen LogP contribution in [0.3, 0.4) is 0 Å². The Labute approximate surface area is 156 Å². The highest BCUT2D eigenvalue weighted by atomic mass is 79.9. The average Bonchev–Trinajstić information content (AvgIpc) is 2.83. The van der Waals surface area contributed by atoms with Crippen molar-refractivity contribution in [2.75, 3.05) is 32.8 Å². The van der Waals surface area contributed by atoms with Crippen molar-refractivity contribution in [3.63, 3.8) is 0 Å². The number of benzene rings is 1. The van der Waals surface area contributed by atoms with Crippen LogP contribution in [0.5, 0.6) is 11.5 Å². The predicted octanol–water partition coefficient (Wildman–Crippen LogP) is 2.33. The zero-order chi connectivity index (χ0) is 16.9. The standard InChI is InChI=1S/C16H18Br2N2O4/c17-10-8-11-12(13(18)14(10)21)9-2-1-3-19-15(22)16(9,24-11)20-4-6-23-7-5-20/h8-9,21H,1-7H2,(H,19,22)/t9-,16+/m0/s1. The summed E-state index contributed by atoms with van der Waals surface area (Å²) in [7, 11) is 0. The van der Waals surface area contributed by atoms with E-state index < -0.39 is 5.72 Å². The van der Waals surface area contributed by atoms with E-state index in [9.17, 15) is 9.90 Å². The van der Waals surface area contributed by atoms with E-state index in [1.165, 1.54) is 0 Å². The third kappa shape index (κ3) is 2.30. The van der Waals surface area contributed by atoms with E-state index in [0.717, 1.165) is 18.4 Å². The molecule has 2 N–H and O–H groups in total. The molecule has 1 aromatic rings. The molecule has 3 heterocycles. The molecular weight excluding hydrogens is 444 g/mol. The quantitative estimate of drug-likeness (QED) is 0.671. The summed E-state index contributed by atoms with van der Waals surface area (Å²) in [6.45, 7) is 3.08. The second kappa shape index (κ2) is 6.16. The number of carbonyl (C=O) groups is 1. The zero-order valence-corrected chi connectivity index (χ0v) is 16.2. The molecule has 0 radical (unpaired) electrons. The zero-order valence-electron chi connectivity index (χ0n) is 13.0. The molecule has 0 spiro atoms. The average molecular weight is 462 g/mol. The lowest BCUT2D eigenvalue weighted by Crippen LogP contribution is -2.65. The highest BCUT2D eigenvalue weighted by molar-refractivity contribution is 9.11. The van der Waals surface area contributed by atoms with Crippen LogP contribution in [0, 0.1) is 0 Å². The summed E-state index contributed by atoms with van der Waals surface area (Å²) in [5, 5.41) is 13.3. The van der Waals surface area contributed by atoms with Crippen LogP contribution in [0.1, 0.15) is 24.3 Å². The molecule has 0 aliphatic carbocycles. The van der Waals surface area contributed by atoms with Crippen LogP contribution in [0.2, 0.25) is 0 Å². The van der Waals surface area contributed by atoms with Gasteiger partial charge in [-0.15, -0.1) is 0 Å². The summed E-state index contributed by atoms with van der Waals surface area (Å²) in [6.07, 6.45) is 1.68. The summed E-state index contributed by atoms with van der Waals surface area (Å²) in [5.41, 5.74) is -0.197. The van der Waals surface area contributed by atoms with Crippen LogP contribution < -0.4 is 10.1 Å². The number of hydrogen-bond donors (Lipinski definition) is 2. The van der Waals surface area contributed by atoms with Gasteiger partial charge in [-0.2, -0.15) is 0 Å². The summed E-state index contributed by atoms with van der Waals surface area (Å²) in [6, 6.07) is 1.75. The molecule has 8 heteroatoms. The van der Waals surface area contributed by atoms with Crippen LogP contribution in [-0.2, 0) is 9.53 Å². The lowest BCUT2D eigenvalue weighted by Gasteiger charge is -2.43. The number of halogens is 2. The first-order valence-corrected chi connectivity index (χ1v) is 9.65. The van der Waals surface area contributed by atoms with Gasteiger partial charge in [-0.1, -0.05) is 0 Å². The Kier molecular flexibility index (Phi) is 4.27. The molecule has 24 heavy (non-hydrogen) atoms. The van der Waals surface area contributed by atoms with Crippen LogP contribution in [0.4, 0.5) is 0 Å². The molecule has 1 amide bonds. The molecular formula is C16H18Br2N2O4. The first kappa shape index (κ1) is 16.6. The monoisotopic (exact) mass is 460 g/mol. The van der Waals surface area contributed by atoms with E-state index in [2.05, 4.69) is 42.1 Å². The van der Waals surface area contributed by atoms with Crippen LogP contribution in [0.25, 0.3) is 0 Å². The molecule has 0 saturated carbocycles. The van der Waals surface area contributed by atoms with E-state index in [4.69, 9.17) is 9.47 Å². The van der Waals surface area contributed by atoms with Crippen molar-refractivity contribution in [2.24, 2.45) is 0 Å². The van der Waals surface area contributed by atoms with Crippen molar-refractivity contribution >= 4 is 37.8 Å². The molecule has 0 aromatic heterocycles. The third-order valence-corrected chi connectivity index (χ3v) is 6.45. The second-order valence-corrected chi connectivity index (χ2v) is 7.93. The third-order valence-electron chi connectivity index (χ3n) is 5.04. The number of hydrogen-bond acceptors (Lipinski definition) is 5. The molecule has 130 valence electrons. The van der Waals surface area contributed by atoms with Crippen molar-refractivity contribution < 1.29 is 19.4 Å². The molecule has 1 aromatic carbocycles.